The molecule has 0 bridgehead atoms. The van der Waals surface area contributed by atoms with Crippen LogP contribution in [0.4, 0.5) is 0 Å². The molecule has 0 aliphatic carbocycles. The first kappa shape index (κ1) is 5.54. The van der Waals surface area contributed by atoms with Crippen molar-refractivity contribution in [3.63, 3.8) is 0 Å². The van der Waals surface area contributed by atoms with Gasteiger partial charge in [-0.1, -0.05) is 0 Å². The van der Waals surface area contributed by atoms with Crippen LogP contribution >= 0.6 is 0 Å². The second-order valence-electron chi connectivity index (χ2n) is 1.92. The van der Waals surface area contributed by atoms with E-state index in [1.807, 2.05) is 18.6 Å². The summed E-state index contributed by atoms with van der Waals surface area (Å²) in [6.45, 7) is 2.62. The van der Waals surface area contributed by atoms with E-state index in [2.05, 4.69) is 11.4 Å². The van der Waals surface area contributed by atoms with Gasteiger partial charge in [0.15, 0.2) is 0 Å². The fourth-order valence-electron chi connectivity index (χ4n) is 0.689. The molecule has 0 amide bonds. The first-order valence-electron chi connectivity index (χ1n) is 2.52. The molecule has 3 nitrogen and oxygen atoms in total. The van der Waals surface area contributed by atoms with E-state index in [0.29, 0.717) is 0 Å². The fourth-order valence-corrected chi connectivity index (χ4v) is 0.689. The molecule has 1 fully saturated rings. The first-order chi connectivity index (χ1) is 3.83. The van der Waals surface area contributed by atoms with E-state index in [4.69, 9.17) is 5.26 Å². The van der Waals surface area contributed by atoms with E-state index in [1.165, 1.54) is 0 Å². The minimum atomic E-state index is -0.000000000000000222. The number of hydrogen-bond donors (Lipinski definition) is 1. The zero-order valence-corrected chi connectivity index (χ0v) is 4.76. The Bertz CT molecular complexity index is 115. The molecule has 1 unspecified atom stereocenters. The highest BCUT2D eigenvalue weighted by Gasteiger charge is 2.17. The van der Waals surface area contributed by atoms with Crippen LogP contribution in [0.15, 0.2) is 0 Å². The third kappa shape index (κ3) is 0.971. The summed E-state index contributed by atoms with van der Waals surface area (Å²) in [7, 11) is 1.93. The third-order valence-corrected chi connectivity index (χ3v) is 1.12. The quantitative estimate of drug-likeness (QED) is 0.458. The van der Waals surface area contributed by atoms with E-state index >= 15 is 0 Å². The Morgan fingerprint density at radius 2 is 2.75 bits per heavy atom. The van der Waals surface area contributed by atoms with E-state index in [-0.39, 0.29) is 6.04 Å². The van der Waals surface area contributed by atoms with Crippen molar-refractivity contribution in [1.29, 1.82) is 5.26 Å². The number of hydrogen-bond acceptors (Lipinski definition) is 3. The van der Waals surface area contributed by atoms with Crippen LogP contribution in [0.3, 0.4) is 0 Å². The van der Waals surface area contributed by atoms with Crippen LogP contribution in [0, 0.1) is 18.0 Å². The summed E-state index contributed by atoms with van der Waals surface area (Å²) < 4.78 is 0. The predicted octanol–water partition coefficient (Wildman–Crippen LogP) is -0.467. The standard InChI is InChI=1S/C5H8N3/c1-8-3-5(2-6)7-4-8/h4-5,7H,3H2,1H3. The number of nitrogens with one attached hydrogen (secondary N) is 1. The van der Waals surface area contributed by atoms with Crippen LogP contribution in [-0.4, -0.2) is 24.5 Å². The van der Waals surface area contributed by atoms with Crippen molar-refractivity contribution in [2.45, 2.75) is 6.04 Å². The molecule has 0 spiro atoms. The molecular weight excluding hydrogens is 102 g/mol. The molecule has 0 aromatic heterocycles. The zero-order chi connectivity index (χ0) is 5.98. The molecule has 1 aliphatic rings. The largest absolute Gasteiger partial charge is 0.286 e. The lowest BCUT2D eigenvalue weighted by molar-refractivity contribution is 0.469. The Morgan fingerprint density at radius 3 is 3.00 bits per heavy atom. The molecular formula is C5H8N3. The topological polar surface area (TPSA) is 39.1 Å². The summed E-state index contributed by atoms with van der Waals surface area (Å²) in [6.07, 6.45) is 0. The fraction of sp³-hybridized carbons (Fsp3) is 0.600. The number of nitriles is 1. The molecule has 43 valence electrons. The third-order valence-electron chi connectivity index (χ3n) is 1.12. The van der Waals surface area contributed by atoms with E-state index in [9.17, 15) is 0 Å². The van der Waals surface area contributed by atoms with Crippen molar-refractivity contribution in [3.8, 4) is 6.07 Å². The summed E-state index contributed by atoms with van der Waals surface area (Å²) in [6, 6.07) is 2.11. The van der Waals surface area contributed by atoms with Gasteiger partial charge in [-0.25, -0.2) is 0 Å². The average molecular weight is 110 g/mol. The molecule has 0 aromatic rings. The minimum Gasteiger partial charge on any atom is -0.286 e. The van der Waals surface area contributed by atoms with E-state index in [0.717, 1.165) is 6.54 Å². The molecule has 8 heavy (non-hydrogen) atoms. The van der Waals surface area contributed by atoms with Crippen molar-refractivity contribution < 1.29 is 0 Å². The monoisotopic (exact) mass is 110 g/mol. The summed E-state index contributed by atoms with van der Waals surface area (Å²) in [5.74, 6) is 0. The highest BCUT2D eigenvalue weighted by atomic mass is 15.3. The Balaban J connectivity index is 2.35. The van der Waals surface area contributed by atoms with Crippen LogP contribution in [-0.2, 0) is 0 Å². The Morgan fingerprint density at radius 1 is 2.00 bits per heavy atom. The SMILES string of the molecule is CN1[CH]NC(C#N)C1. The highest BCUT2D eigenvalue weighted by Crippen LogP contribution is 1.98. The van der Waals surface area contributed by atoms with Crippen molar-refractivity contribution in [2.75, 3.05) is 13.6 Å². The van der Waals surface area contributed by atoms with Gasteiger partial charge in [-0.05, 0) is 7.05 Å². The summed E-state index contributed by atoms with van der Waals surface area (Å²) >= 11 is 0. The number of rotatable bonds is 0. The smallest absolute Gasteiger partial charge is 0.109 e. The predicted molar refractivity (Wildman–Crippen MR) is 29.5 cm³/mol. The van der Waals surface area contributed by atoms with Crippen LogP contribution in [0.2, 0.25) is 0 Å². The van der Waals surface area contributed by atoms with Gasteiger partial charge in [0.25, 0.3) is 0 Å². The number of likely N-dealkylation sites (N-methyl/N-ethyl adjacent to an activating group) is 1. The maximum Gasteiger partial charge on any atom is 0.109 e. The van der Waals surface area contributed by atoms with Gasteiger partial charge in [-0.15, -0.1) is 0 Å². The van der Waals surface area contributed by atoms with Crippen LogP contribution < -0.4 is 5.32 Å². The molecule has 1 aliphatic heterocycles. The average Bonchev–Trinajstić information content (AvgIpc) is 2.14. The lowest BCUT2D eigenvalue weighted by Crippen LogP contribution is -2.19. The van der Waals surface area contributed by atoms with Crippen LogP contribution in [0.25, 0.3) is 0 Å². The second kappa shape index (κ2) is 2.12. The van der Waals surface area contributed by atoms with Gasteiger partial charge in [0, 0.05) is 6.54 Å². The van der Waals surface area contributed by atoms with Gasteiger partial charge in [-0.3, -0.25) is 10.2 Å². The summed E-state index contributed by atoms with van der Waals surface area (Å²) in [5, 5.41) is 11.2. The molecule has 1 heterocycles. The lowest BCUT2D eigenvalue weighted by atomic mass is 10.4. The molecule has 1 rings (SSSR count). The lowest BCUT2D eigenvalue weighted by Gasteiger charge is -1.99. The molecule has 1 atom stereocenters. The summed E-state index contributed by atoms with van der Waals surface area (Å²) in [4.78, 5) is 1.95. The molecule has 1 radical (unpaired) electrons. The number of nitrogens with zero attached hydrogens (tertiary/aromatic N) is 2. The van der Waals surface area contributed by atoms with Gasteiger partial charge in [0.05, 0.1) is 12.7 Å². The zero-order valence-electron chi connectivity index (χ0n) is 4.76. The minimum absolute atomic E-state index is 0.000000000000000222. The van der Waals surface area contributed by atoms with E-state index < -0.39 is 0 Å². The normalized spacial score (nSPS) is 30.2. The van der Waals surface area contributed by atoms with Crippen molar-refractivity contribution >= 4 is 0 Å². The first-order valence-corrected chi connectivity index (χ1v) is 2.52. The van der Waals surface area contributed by atoms with Crippen LogP contribution in [0.1, 0.15) is 0 Å². The van der Waals surface area contributed by atoms with Gasteiger partial charge < -0.3 is 0 Å². The van der Waals surface area contributed by atoms with Gasteiger partial charge in [0.1, 0.15) is 6.04 Å². The molecule has 1 N–H and O–H groups in total. The Hall–Kier alpha value is -0.590. The van der Waals surface area contributed by atoms with Crippen molar-refractivity contribution in [1.82, 2.24) is 10.2 Å². The highest BCUT2D eigenvalue weighted by molar-refractivity contribution is 4.98. The molecule has 3 heteroatoms. The van der Waals surface area contributed by atoms with Crippen molar-refractivity contribution in [2.24, 2.45) is 0 Å². The molecule has 1 saturated heterocycles. The van der Waals surface area contributed by atoms with E-state index in [1.54, 1.807) is 0 Å². The maximum atomic E-state index is 8.32. The maximum absolute atomic E-state index is 8.32. The van der Waals surface area contributed by atoms with Gasteiger partial charge >= 0.3 is 0 Å². The second-order valence-corrected chi connectivity index (χ2v) is 1.92. The van der Waals surface area contributed by atoms with Crippen LogP contribution in [0.5, 0.6) is 0 Å². The Kier molecular flexibility index (Phi) is 1.47. The Labute approximate surface area is 48.9 Å². The van der Waals surface area contributed by atoms with Gasteiger partial charge in [-0.2, -0.15) is 5.26 Å². The summed E-state index contributed by atoms with van der Waals surface area (Å²) in [5.41, 5.74) is 0. The van der Waals surface area contributed by atoms with Gasteiger partial charge in [0.2, 0.25) is 0 Å². The molecule has 0 aromatic carbocycles. The molecule has 0 saturated carbocycles. The van der Waals surface area contributed by atoms with Crippen molar-refractivity contribution in [3.05, 3.63) is 6.67 Å².